The quantitative estimate of drug-likeness (QED) is 0.595. The van der Waals surface area contributed by atoms with E-state index in [4.69, 9.17) is 0 Å². The molecule has 0 aromatic heterocycles. The highest BCUT2D eigenvalue weighted by Gasteiger charge is 2.28. The first-order chi connectivity index (χ1) is 4.76. The van der Waals surface area contributed by atoms with Crippen LogP contribution >= 0.6 is 8.22 Å². The van der Waals surface area contributed by atoms with Crippen LogP contribution in [-0.2, 0) is 0 Å². The number of hydrogen-bond acceptors (Lipinski definition) is 2. The summed E-state index contributed by atoms with van der Waals surface area (Å²) in [4.78, 5) is 0. The predicted octanol–water partition coefficient (Wildman–Crippen LogP) is 2.22. The smallest absolute Gasteiger partial charge is 0.0440 e. The van der Waals surface area contributed by atoms with E-state index in [9.17, 15) is 0 Å². The standard InChI is InChI=1S/C8H21N2P/c1-8(2,3)11(9(4)5)10(6)7/h1-7H3. The van der Waals surface area contributed by atoms with E-state index in [0.29, 0.717) is 5.16 Å². The molecule has 68 valence electrons. The Morgan fingerprint density at radius 3 is 1.09 bits per heavy atom. The number of nitrogens with zero attached hydrogens (tertiary/aromatic N) is 2. The maximum absolute atomic E-state index is 2.31. The normalized spacial score (nSPS) is 13.6. The van der Waals surface area contributed by atoms with Gasteiger partial charge in [0, 0.05) is 13.4 Å². The van der Waals surface area contributed by atoms with Crippen LogP contribution in [0.3, 0.4) is 0 Å². The second-order valence-corrected chi connectivity index (χ2v) is 7.68. The second kappa shape index (κ2) is 3.84. The minimum Gasteiger partial charge on any atom is -0.276 e. The molecule has 0 radical (unpaired) electrons. The fourth-order valence-electron chi connectivity index (χ4n) is 1.56. The molecule has 0 spiro atoms. The predicted molar refractivity (Wildman–Crippen MR) is 54.0 cm³/mol. The van der Waals surface area contributed by atoms with Crippen LogP contribution in [0.25, 0.3) is 0 Å². The summed E-state index contributed by atoms with van der Waals surface area (Å²) in [5.74, 6) is 0. The molecule has 0 saturated carbocycles. The molecular formula is C8H21N2P. The molecule has 0 saturated heterocycles. The lowest BCUT2D eigenvalue weighted by atomic mass is 10.3. The molecule has 0 rings (SSSR count). The molecule has 0 N–H and O–H groups in total. The van der Waals surface area contributed by atoms with Gasteiger partial charge >= 0.3 is 0 Å². The molecule has 0 aliphatic carbocycles. The third-order valence-corrected chi connectivity index (χ3v) is 4.07. The summed E-state index contributed by atoms with van der Waals surface area (Å²) in [6.07, 6.45) is 0. The Kier molecular flexibility index (Phi) is 3.96. The van der Waals surface area contributed by atoms with Gasteiger partial charge in [0.15, 0.2) is 0 Å². The van der Waals surface area contributed by atoms with Crippen molar-refractivity contribution < 1.29 is 0 Å². The lowest BCUT2D eigenvalue weighted by Crippen LogP contribution is -2.29. The van der Waals surface area contributed by atoms with Gasteiger partial charge < -0.3 is 0 Å². The van der Waals surface area contributed by atoms with Gasteiger partial charge in [-0.05, 0) is 28.2 Å². The summed E-state index contributed by atoms with van der Waals surface area (Å²) in [6, 6.07) is 0. The van der Waals surface area contributed by atoms with Gasteiger partial charge in [-0.1, -0.05) is 20.8 Å². The van der Waals surface area contributed by atoms with Gasteiger partial charge in [-0.3, -0.25) is 9.34 Å². The fraction of sp³-hybridized carbons (Fsp3) is 1.00. The van der Waals surface area contributed by atoms with Crippen LogP contribution in [0.15, 0.2) is 0 Å². The van der Waals surface area contributed by atoms with Crippen molar-refractivity contribution in [3.8, 4) is 0 Å². The highest BCUT2D eigenvalue weighted by molar-refractivity contribution is 7.54. The van der Waals surface area contributed by atoms with E-state index in [2.05, 4.69) is 58.3 Å². The zero-order valence-electron chi connectivity index (χ0n) is 8.84. The van der Waals surface area contributed by atoms with Gasteiger partial charge in [0.1, 0.15) is 0 Å². The molecule has 11 heavy (non-hydrogen) atoms. The van der Waals surface area contributed by atoms with Crippen LogP contribution in [-0.4, -0.2) is 42.7 Å². The van der Waals surface area contributed by atoms with Crippen molar-refractivity contribution in [2.45, 2.75) is 25.9 Å². The van der Waals surface area contributed by atoms with Crippen LogP contribution in [0.5, 0.6) is 0 Å². The van der Waals surface area contributed by atoms with Gasteiger partial charge in [-0.25, -0.2) is 0 Å². The van der Waals surface area contributed by atoms with Gasteiger partial charge in [-0.2, -0.15) is 0 Å². The molecule has 0 unspecified atom stereocenters. The minimum atomic E-state index is -0.153. The molecule has 0 atom stereocenters. The van der Waals surface area contributed by atoms with E-state index in [1.54, 1.807) is 0 Å². The topological polar surface area (TPSA) is 6.48 Å². The molecule has 0 aliphatic rings. The summed E-state index contributed by atoms with van der Waals surface area (Å²) in [5, 5.41) is 0.377. The van der Waals surface area contributed by atoms with E-state index in [0.717, 1.165) is 0 Å². The van der Waals surface area contributed by atoms with E-state index in [-0.39, 0.29) is 8.22 Å². The molecular weight excluding hydrogens is 155 g/mol. The van der Waals surface area contributed by atoms with Crippen molar-refractivity contribution >= 4 is 8.22 Å². The molecule has 2 nitrogen and oxygen atoms in total. The maximum Gasteiger partial charge on any atom is 0.0440 e. The zero-order chi connectivity index (χ0) is 9.23. The third-order valence-electron chi connectivity index (χ3n) is 1.36. The molecule has 0 bridgehead atoms. The lowest BCUT2D eigenvalue weighted by molar-refractivity contribution is 0.533. The Labute approximate surface area is 72.4 Å². The van der Waals surface area contributed by atoms with Crippen LogP contribution in [0.1, 0.15) is 20.8 Å². The van der Waals surface area contributed by atoms with Crippen molar-refractivity contribution in [2.75, 3.05) is 28.2 Å². The van der Waals surface area contributed by atoms with E-state index in [1.807, 2.05) is 0 Å². The average Bonchev–Trinajstić information content (AvgIpc) is 1.54. The average molecular weight is 176 g/mol. The number of hydrogen-bond donors (Lipinski definition) is 0. The van der Waals surface area contributed by atoms with Crippen molar-refractivity contribution in [3.05, 3.63) is 0 Å². The molecule has 0 fully saturated rings. The Balaban J connectivity index is 4.35. The molecule has 3 heteroatoms. The van der Waals surface area contributed by atoms with E-state index in [1.165, 1.54) is 0 Å². The van der Waals surface area contributed by atoms with Crippen LogP contribution in [0, 0.1) is 0 Å². The molecule has 0 aromatic rings. The fourth-order valence-corrected chi connectivity index (χ4v) is 4.67. The van der Waals surface area contributed by atoms with E-state index < -0.39 is 0 Å². The third kappa shape index (κ3) is 3.50. The van der Waals surface area contributed by atoms with Crippen LogP contribution in [0.2, 0.25) is 0 Å². The van der Waals surface area contributed by atoms with Crippen molar-refractivity contribution in [2.24, 2.45) is 0 Å². The zero-order valence-corrected chi connectivity index (χ0v) is 9.74. The molecule has 0 heterocycles. The van der Waals surface area contributed by atoms with Crippen molar-refractivity contribution in [3.63, 3.8) is 0 Å². The van der Waals surface area contributed by atoms with Gasteiger partial charge in [0.05, 0.1) is 0 Å². The monoisotopic (exact) mass is 176 g/mol. The summed E-state index contributed by atoms with van der Waals surface area (Å²) in [7, 11) is 8.45. The maximum atomic E-state index is 2.31. The summed E-state index contributed by atoms with van der Waals surface area (Å²) in [6.45, 7) is 6.87. The molecule has 0 aliphatic heterocycles. The van der Waals surface area contributed by atoms with Crippen LogP contribution < -0.4 is 0 Å². The summed E-state index contributed by atoms with van der Waals surface area (Å²) < 4.78 is 4.63. The molecule has 0 amide bonds. The summed E-state index contributed by atoms with van der Waals surface area (Å²) in [5.41, 5.74) is 0. The van der Waals surface area contributed by atoms with Gasteiger partial charge in [-0.15, -0.1) is 0 Å². The Morgan fingerprint density at radius 1 is 0.818 bits per heavy atom. The SMILES string of the molecule is CN(C)P(N(C)C)C(C)(C)C. The van der Waals surface area contributed by atoms with Crippen molar-refractivity contribution in [1.82, 2.24) is 9.34 Å². The van der Waals surface area contributed by atoms with Crippen LogP contribution in [0.4, 0.5) is 0 Å². The van der Waals surface area contributed by atoms with Gasteiger partial charge in [0.2, 0.25) is 0 Å². The Hall–Kier alpha value is 0.350. The number of rotatable bonds is 2. The first-order valence-electron chi connectivity index (χ1n) is 3.91. The van der Waals surface area contributed by atoms with E-state index >= 15 is 0 Å². The molecule has 0 aromatic carbocycles. The highest BCUT2D eigenvalue weighted by Crippen LogP contribution is 2.51. The van der Waals surface area contributed by atoms with Gasteiger partial charge in [0.25, 0.3) is 0 Å². The first-order valence-corrected chi connectivity index (χ1v) is 5.16. The lowest BCUT2D eigenvalue weighted by Gasteiger charge is -2.40. The first kappa shape index (κ1) is 11.4. The second-order valence-electron chi connectivity index (χ2n) is 4.15. The Morgan fingerprint density at radius 2 is 1.09 bits per heavy atom. The minimum absolute atomic E-state index is 0.153. The Bertz CT molecular complexity index is 108. The van der Waals surface area contributed by atoms with Crippen molar-refractivity contribution in [1.29, 1.82) is 0 Å². The largest absolute Gasteiger partial charge is 0.276 e. The highest BCUT2D eigenvalue weighted by atomic mass is 31.1. The summed E-state index contributed by atoms with van der Waals surface area (Å²) >= 11 is 0.